The summed E-state index contributed by atoms with van der Waals surface area (Å²) in [6.07, 6.45) is 5.30. The number of hydrogen-bond acceptors (Lipinski definition) is 2. The van der Waals surface area contributed by atoms with Crippen LogP contribution in [-0.2, 0) is 0 Å². The molecule has 0 aromatic heterocycles. The number of halogens is 1. The minimum Gasteiger partial charge on any atom is -0.495 e. The first kappa shape index (κ1) is 14.7. The summed E-state index contributed by atoms with van der Waals surface area (Å²) in [7, 11) is 1.71. The summed E-state index contributed by atoms with van der Waals surface area (Å²) in [4.78, 5) is 0. The Balaban J connectivity index is 2.00. The number of nitrogens with one attached hydrogen (secondary N) is 1. The van der Waals surface area contributed by atoms with Gasteiger partial charge in [-0.25, -0.2) is 0 Å². The maximum Gasteiger partial charge on any atom is 0.135 e. The SMILES string of the molecule is COc1cc(NC2CCCC(C(C)C)C2)ccc1Br. The lowest BCUT2D eigenvalue weighted by molar-refractivity contribution is 0.264. The van der Waals surface area contributed by atoms with Gasteiger partial charge in [-0.15, -0.1) is 0 Å². The normalized spacial score (nSPS) is 23.4. The van der Waals surface area contributed by atoms with E-state index in [2.05, 4.69) is 47.2 Å². The lowest BCUT2D eigenvalue weighted by atomic mass is 9.79. The second kappa shape index (κ2) is 6.65. The first-order valence-electron chi connectivity index (χ1n) is 7.20. The van der Waals surface area contributed by atoms with Gasteiger partial charge < -0.3 is 10.1 Å². The molecule has 0 aliphatic heterocycles. The number of methoxy groups -OCH3 is 1. The van der Waals surface area contributed by atoms with E-state index >= 15 is 0 Å². The third-order valence-corrected chi connectivity index (χ3v) is 4.83. The van der Waals surface area contributed by atoms with Crippen LogP contribution in [0.5, 0.6) is 5.75 Å². The summed E-state index contributed by atoms with van der Waals surface area (Å²) in [5.74, 6) is 2.55. The predicted octanol–water partition coefficient (Wildman–Crippen LogP) is 5.08. The van der Waals surface area contributed by atoms with Crippen LogP contribution >= 0.6 is 15.9 Å². The summed E-state index contributed by atoms with van der Waals surface area (Å²) in [5, 5.41) is 3.67. The highest BCUT2D eigenvalue weighted by Gasteiger charge is 2.24. The predicted molar refractivity (Wildman–Crippen MR) is 84.9 cm³/mol. The lowest BCUT2D eigenvalue weighted by Crippen LogP contribution is -2.29. The molecule has 1 aliphatic rings. The van der Waals surface area contributed by atoms with Gasteiger partial charge in [-0.2, -0.15) is 0 Å². The van der Waals surface area contributed by atoms with Crippen molar-refractivity contribution < 1.29 is 4.74 Å². The van der Waals surface area contributed by atoms with E-state index in [1.165, 1.54) is 25.7 Å². The molecule has 19 heavy (non-hydrogen) atoms. The van der Waals surface area contributed by atoms with Crippen molar-refractivity contribution in [2.45, 2.75) is 45.6 Å². The Hall–Kier alpha value is -0.700. The zero-order valence-corrected chi connectivity index (χ0v) is 13.7. The van der Waals surface area contributed by atoms with Crippen molar-refractivity contribution in [1.29, 1.82) is 0 Å². The van der Waals surface area contributed by atoms with Crippen molar-refractivity contribution >= 4 is 21.6 Å². The molecule has 0 amide bonds. The number of rotatable bonds is 4. The molecule has 2 nitrogen and oxygen atoms in total. The Labute approximate surface area is 125 Å². The van der Waals surface area contributed by atoms with Crippen LogP contribution in [0.15, 0.2) is 22.7 Å². The van der Waals surface area contributed by atoms with E-state index in [4.69, 9.17) is 4.74 Å². The quantitative estimate of drug-likeness (QED) is 0.833. The maximum atomic E-state index is 5.35. The van der Waals surface area contributed by atoms with E-state index < -0.39 is 0 Å². The molecular formula is C16H24BrNO. The van der Waals surface area contributed by atoms with Crippen LogP contribution < -0.4 is 10.1 Å². The molecule has 1 saturated carbocycles. The minimum atomic E-state index is 0.604. The Bertz CT molecular complexity index is 419. The largest absolute Gasteiger partial charge is 0.495 e. The number of benzene rings is 1. The lowest BCUT2D eigenvalue weighted by Gasteiger charge is -2.32. The van der Waals surface area contributed by atoms with Crippen molar-refractivity contribution in [3.05, 3.63) is 22.7 Å². The van der Waals surface area contributed by atoms with E-state index in [0.717, 1.165) is 27.7 Å². The van der Waals surface area contributed by atoms with Crippen LogP contribution in [0.1, 0.15) is 39.5 Å². The van der Waals surface area contributed by atoms with Crippen molar-refractivity contribution in [3.8, 4) is 5.75 Å². The van der Waals surface area contributed by atoms with Gasteiger partial charge >= 0.3 is 0 Å². The summed E-state index contributed by atoms with van der Waals surface area (Å²) >= 11 is 3.49. The maximum absolute atomic E-state index is 5.35. The van der Waals surface area contributed by atoms with Gasteiger partial charge in [0.15, 0.2) is 0 Å². The fourth-order valence-electron chi connectivity index (χ4n) is 2.95. The van der Waals surface area contributed by atoms with E-state index in [0.29, 0.717) is 6.04 Å². The van der Waals surface area contributed by atoms with E-state index in [9.17, 15) is 0 Å². The Morgan fingerprint density at radius 1 is 1.32 bits per heavy atom. The van der Waals surface area contributed by atoms with E-state index in [1.54, 1.807) is 7.11 Å². The fourth-order valence-corrected chi connectivity index (χ4v) is 3.36. The Kier molecular flexibility index (Phi) is 5.14. The van der Waals surface area contributed by atoms with Crippen molar-refractivity contribution in [3.63, 3.8) is 0 Å². The molecule has 2 atom stereocenters. The first-order valence-corrected chi connectivity index (χ1v) is 7.99. The molecule has 0 radical (unpaired) electrons. The van der Waals surface area contributed by atoms with E-state index in [1.807, 2.05) is 6.07 Å². The molecule has 1 fully saturated rings. The van der Waals surface area contributed by atoms with E-state index in [-0.39, 0.29) is 0 Å². The average molecular weight is 326 g/mol. The molecular weight excluding hydrogens is 302 g/mol. The summed E-state index contributed by atoms with van der Waals surface area (Å²) < 4.78 is 6.35. The van der Waals surface area contributed by atoms with Gasteiger partial charge in [-0.05, 0) is 52.7 Å². The second-order valence-corrected chi connectivity index (χ2v) is 6.72. The highest BCUT2D eigenvalue weighted by molar-refractivity contribution is 9.10. The molecule has 106 valence electrons. The van der Waals surface area contributed by atoms with Crippen molar-refractivity contribution in [1.82, 2.24) is 0 Å². The van der Waals surface area contributed by atoms with Crippen molar-refractivity contribution in [2.24, 2.45) is 11.8 Å². The summed E-state index contributed by atoms with van der Waals surface area (Å²) in [6.45, 7) is 4.69. The monoisotopic (exact) mass is 325 g/mol. The highest BCUT2D eigenvalue weighted by Crippen LogP contribution is 2.33. The summed E-state index contributed by atoms with van der Waals surface area (Å²) in [5.41, 5.74) is 1.16. The Morgan fingerprint density at radius 3 is 2.79 bits per heavy atom. The van der Waals surface area contributed by atoms with Gasteiger partial charge in [0.05, 0.1) is 11.6 Å². The van der Waals surface area contributed by atoms with Crippen LogP contribution in [0.3, 0.4) is 0 Å². The number of hydrogen-bond donors (Lipinski definition) is 1. The van der Waals surface area contributed by atoms with Crippen LogP contribution in [-0.4, -0.2) is 13.2 Å². The first-order chi connectivity index (χ1) is 9.10. The molecule has 1 aromatic rings. The number of ether oxygens (including phenoxy) is 1. The zero-order chi connectivity index (χ0) is 13.8. The highest BCUT2D eigenvalue weighted by atomic mass is 79.9. The van der Waals surface area contributed by atoms with Gasteiger partial charge in [-0.1, -0.05) is 26.7 Å². The molecule has 2 rings (SSSR count). The molecule has 0 heterocycles. The molecule has 2 unspecified atom stereocenters. The van der Waals surface area contributed by atoms with Crippen LogP contribution in [0.25, 0.3) is 0 Å². The molecule has 1 aliphatic carbocycles. The van der Waals surface area contributed by atoms with Gasteiger partial charge in [0, 0.05) is 17.8 Å². The van der Waals surface area contributed by atoms with Crippen LogP contribution in [0.4, 0.5) is 5.69 Å². The Morgan fingerprint density at radius 2 is 2.11 bits per heavy atom. The van der Waals surface area contributed by atoms with Gasteiger partial charge in [0.2, 0.25) is 0 Å². The zero-order valence-electron chi connectivity index (χ0n) is 12.1. The third kappa shape index (κ3) is 3.88. The topological polar surface area (TPSA) is 21.3 Å². The van der Waals surface area contributed by atoms with Crippen LogP contribution in [0.2, 0.25) is 0 Å². The molecule has 1 aromatic carbocycles. The van der Waals surface area contributed by atoms with Crippen LogP contribution in [0, 0.1) is 11.8 Å². The molecule has 0 spiro atoms. The smallest absolute Gasteiger partial charge is 0.135 e. The van der Waals surface area contributed by atoms with Gasteiger partial charge in [0.25, 0.3) is 0 Å². The third-order valence-electron chi connectivity index (χ3n) is 4.18. The molecule has 0 saturated heterocycles. The molecule has 0 bridgehead atoms. The fraction of sp³-hybridized carbons (Fsp3) is 0.625. The second-order valence-electron chi connectivity index (χ2n) is 5.86. The van der Waals surface area contributed by atoms with Crippen molar-refractivity contribution in [2.75, 3.05) is 12.4 Å². The standard InChI is InChI=1S/C16H24BrNO/c1-11(2)12-5-4-6-13(9-12)18-14-7-8-15(17)16(10-14)19-3/h7-8,10-13,18H,4-6,9H2,1-3H3. The minimum absolute atomic E-state index is 0.604. The average Bonchev–Trinajstić information content (AvgIpc) is 2.41. The molecule has 1 N–H and O–H groups in total. The number of anilines is 1. The summed E-state index contributed by atoms with van der Waals surface area (Å²) in [6, 6.07) is 6.84. The molecule has 3 heteroatoms. The van der Waals surface area contributed by atoms with Gasteiger partial charge in [0.1, 0.15) is 5.75 Å². The van der Waals surface area contributed by atoms with Gasteiger partial charge in [-0.3, -0.25) is 0 Å².